The van der Waals surface area contributed by atoms with E-state index in [2.05, 4.69) is 54.5 Å². The van der Waals surface area contributed by atoms with E-state index in [1.165, 1.54) is 73.4 Å². The number of nitrogens with one attached hydrogen (secondary N) is 1. The van der Waals surface area contributed by atoms with Crippen molar-refractivity contribution in [1.82, 2.24) is 14.5 Å². The van der Waals surface area contributed by atoms with Crippen LogP contribution in [0.2, 0.25) is 0 Å². The van der Waals surface area contributed by atoms with E-state index in [1.54, 1.807) is 0 Å². The van der Waals surface area contributed by atoms with Crippen molar-refractivity contribution in [2.75, 3.05) is 33.2 Å². The Morgan fingerprint density at radius 3 is 2.08 bits per heavy atom. The molecule has 0 aliphatic carbocycles. The Morgan fingerprint density at radius 1 is 0.917 bits per heavy atom. The van der Waals surface area contributed by atoms with Gasteiger partial charge in [0.15, 0.2) is 0 Å². The van der Waals surface area contributed by atoms with Crippen LogP contribution in [0.25, 0.3) is 0 Å². The second-order valence-electron chi connectivity index (χ2n) is 7.79. The lowest BCUT2D eigenvalue weighted by Crippen LogP contribution is -2.49. The minimum Gasteiger partial charge on any atom is -0.306 e. The molecule has 1 N–H and O–H groups in total. The first-order chi connectivity index (χ1) is 11.5. The highest BCUT2D eigenvalue weighted by Crippen LogP contribution is 2.28. The van der Waals surface area contributed by atoms with Crippen molar-refractivity contribution in [3.05, 3.63) is 28.8 Å². The van der Waals surface area contributed by atoms with Gasteiger partial charge in [0.2, 0.25) is 0 Å². The lowest BCUT2D eigenvalue weighted by atomic mass is 9.98. The van der Waals surface area contributed by atoms with Gasteiger partial charge >= 0.3 is 0 Å². The van der Waals surface area contributed by atoms with Gasteiger partial charge in [-0.1, -0.05) is 17.7 Å². The van der Waals surface area contributed by atoms with Crippen molar-refractivity contribution in [3.63, 3.8) is 0 Å². The predicted molar refractivity (Wildman–Crippen MR) is 105 cm³/mol. The number of hydrogen-bond acceptors (Lipinski definition) is 4. The number of benzene rings is 1. The fraction of sp³-hybridized carbons (Fsp3) is 0.700. The molecule has 2 aliphatic heterocycles. The number of likely N-dealkylation sites (tertiary alicyclic amines) is 2. The van der Waals surface area contributed by atoms with Crippen LogP contribution in [0.3, 0.4) is 0 Å². The van der Waals surface area contributed by atoms with Gasteiger partial charge in [0.25, 0.3) is 0 Å². The van der Waals surface area contributed by atoms with Crippen LogP contribution in [0.4, 0.5) is 0 Å². The number of aryl methyl sites for hydroxylation is 3. The highest BCUT2D eigenvalue weighted by atomic mass is 32.2. The summed E-state index contributed by atoms with van der Waals surface area (Å²) in [7, 11) is 2.25. The molecule has 0 bridgehead atoms. The molecule has 3 rings (SSSR count). The molecule has 2 heterocycles. The van der Waals surface area contributed by atoms with E-state index >= 15 is 0 Å². The van der Waals surface area contributed by atoms with Crippen LogP contribution >= 0.6 is 11.9 Å². The van der Waals surface area contributed by atoms with Crippen LogP contribution in [0, 0.1) is 20.8 Å². The van der Waals surface area contributed by atoms with E-state index in [9.17, 15) is 0 Å². The molecule has 3 nitrogen and oxygen atoms in total. The second-order valence-corrected chi connectivity index (χ2v) is 8.64. The maximum Gasteiger partial charge on any atom is 0.0286 e. The summed E-state index contributed by atoms with van der Waals surface area (Å²) < 4.78 is 3.75. The molecule has 2 aliphatic rings. The van der Waals surface area contributed by atoms with Gasteiger partial charge in [0.1, 0.15) is 0 Å². The number of hydrogen-bond donors (Lipinski definition) is 1. The molecule has 24 heavy (non-hydrogen) atoms. The standard InChI is InChI=1S/C20H33N3S/c1-15-13-16(2)20(17(3)14-15)24-21-18-5-11-23(12-6-18)19-7-9-22(4)10-8-19/h13-14,18-19,21H,5-12H2,1-4H3. The minimum absolute atomic E-state index is 0.651. The molecule has 0 radical (unpaired) electrons. The summed E-state index contributed by atoms with van der Waals surface area (Å²) in [6.07, 6.45) is 5.27. The van der Waals surface area contributed by atoms with Gasteiger partial charge in [-0.05, 0) is 103 Å². The van der Waals surface area contributed by atoms with E-state index in [0.29, 0.717) is 6.04 Å². The lowest BCUT2D eigenvalue weighted by molar-refractivity contribution is 0.0957. The molecule has 0 atom stereocenters. The molecule has 0 unspecified atom stereocenters. The Bertz CT molecular complexity index is 521. The Morgan fingerprint density at radius 2 is 1.50 bits per heavy atom. The summed E-state index contributed by atoms with van der Waals surface area (Å²) in [6.45, 7) is 11.7. The number of nitrogens with zero attached hydrogens (tertiary/aromatic N) is 2. The van der Waals surface area contributed by atoms with Gasteiger partial charge in [-0.25, -0.2) is 0 Å². The van der Waals surface area contributed by atoms with Crippen molar-refractivity contribution in [3.8, 4) is 0 Å². The molecule has 0 saturated carbocycles. The summed E-state index contributed by atoms with van der Waals surface area (Å²) >= 11 is 1.85. The van der Waals surface area contributed by atoms with E-state index < -0.39 is 0 Å². The smallest absolute Gasteiger partial charge is 0.0286 e. The Labute approximate surface area is 152 Å². The fourth-order valence-corrected chi connectivity index (χ4v) is 5.17. The van der Waals surface area contributed by atoms with Crippen LogP contribution in [-0.2, 0) is 0 Å². The fourth-order valence-electron chi connectivity index (χ4n) is 4.21. The lowest BCUT2D eigenvalue weighted by Gasteiger charge is -2.41. The molecule has 1 aromatic carbocycles. The summed E-state index contributed by atoms with van der Waals surface area (Å²) in [4.78, 5) is 6.63. The normalized spacial score (nSPS) is 22.2. The largest absolute Gasteiger partial charge is 0.306 e. The maximum absolute atomic E-state index is 3.75. The quantitative estimate of drug-likeness (QED) is 0.836. The molecule has 0 spiro atoms. The van der Waals surface area contributed by atoms with Gasteiger partial charge < -0.3 is 9.80 Å². The molecule has 2 fully saturated rings. The molecule has 1 aromatic rings. The van der Waals surface area contributed by atoms with E-state index in [0.717, 1.165) is 6.04 Å². The highest BCUT2D eigenvalue weighted by Gasteiger charge is 2.27. The first-order valence-corrected chi connectivity index (χ1v) is 10.3. The summed E-state index contributed by atoms with van der Waals surface area (Å²) in [5, 5.41) is 0. The summed E-state index contributed by atoms with van der Waals surface area (Å²) in [5.41, 5.74) is 4.16. The van der Waals surface area contributed by atoms with Gasteiger partial charge in [-0.15, -0.1) is 0 Å². The SMILES string of the molecule is Cc1cc(C)c(SNC2CCN(C3CCN(C)CC3)CC2)c(C)c1. The average Bonchev–Trinajstić information content (AvgIpc) is 2.55. The molecular formula is C20H33N3S. The van der Waals surface area contributed by atoms with Crippen LogP contribution in [0.15, 0.2) is 17.0 Å². The van der Waals surface area contributed by atoms with E-state index in [-0.39, 0.29) is 0 Å². The first-order valence-electron chi connectivity index (χ1n) is 9.45. The topological polar surface area (TPSA) is 18.5 Å². The summed E-state index contributed by atoms with van der Waals surface area (Å²) in [5.74, 6) is 0. The number of piperidine rings is 2. The van der Waals surface area contributed by atoms with Crippen molar-refractivity contribution in [2.45, 2.75) is 63.4 Å². The van der Waals surface area contributed by atoms with Gasteiger partial charge in [0, 0.05) is 17.0 Å². The van der Waals surface area contributed by atoms with Crippen molar-refractivity contribution in [2.24, 2.45) is 0 Å². The van der Waals surface area contributed by atoms with Crippen LogP contribution in [0.1, 0.15) is 42.4 Å². The average molecular weight is 348 g/mol. The first kappa shape index (κ1) is 18.2. The van der Waals surface area contributed by atoms with Crippen molar-refractivity contribution < 1.29 is 0 Å². The van der Waals surface area contributed by atoms with Gasteiger partial charge in [0.05, 0.1) is 0 Å². The zero-order valence-corrected chi connectivity index (χ0v) is 16.6. The Kier molecular flexibility index (Phi) is 6.25. The zero-order chi connectivity index (χ0) is 17.1. The van der Waals surface area contributed by atoms with Crippen molar-refractivity contribution >= 4 is 11.9 Å². The van der Waals surface area contributed by atoms with E-state index in [1.807, 2.05) is 11.9 Å². The monoisotopic (exact) mass is 347 g/mol. The van der Waals surface area contributed by atoms with Gasteiger partial charge in [-0.3, -0.25) is 4.72 Å². The molecule has 4 heteroatoms. The van der Waals surface area contributed by atoms with Crippen LogP contribution < -0.4 is 4.72 Å². The Balaban J connectivity index is 1.46. The number of rotatable bonds is 4. The Hall–Kier alpha value is -0.550. The third kappa shape index (κ3) is 4.54. The molecule has 0 amide bonds. The van der Waals surface area contributed by atoms with E-state index in [4.69, 9.17) is 0 Å². The third-order valence-corrected chi connectivity index (χ3v) is 6.97. The summed E-state index contributed by atoms with van der Waals surface area (Å²) in [6, 6.07) is 6.06. The molecular weight excluding hydrogens is 314 g/mol. The minimum atomic E-state index is 0.651. The third-order valence-electron chi connectivity index (χ3n) is 5.67. The zero-order valence-electron chi connectivity index (χ0n) is 15.8. The maximum atomic E-state index is 3.75. The van der Waals surface area contributed by atoms with Crippen LogP contribution in [0.5, 0.6) is 0 Å². The highest BCUT2D eigenvalue weighted by molar-refractivity contribution is 7.97. The molecule has 2 saturated heterocycles. The molecule has 134 valence electrons. The second kappa shape index (κ2) is 8.22. The van der Waals surface area contributed by atoms with Crippen molar-refractivity contribution in [1.29, 1.82) is 0 Å². The molecule has 0 aromatic heterocycles. The van der Waals surface area contributed by atoms with Crippen LogP contribution in [-0.4, -0.2) is 55.1 Å². The van der Waals surface area contributed by atoms with Gasteiger partial charge in [-0.2, -0.15) is 0 Å². The predicted octanol–water partition coefficient (Wildman–Crippen LogP) is 3.77.